The minimum atomic E-state index is -0.333. The Balaban J connectivity index is 2.23. The molecule has 1 aliphatic rings. The van der Waals surface area contributed by atoms with E-state index in [1.165, 1.54) is 13.5 Å². The maximum Gasteiger partial charge on any atom is 0.338 e. The van der Waals surface area contributed by atoms with Crippen molar-refractivity contribution in [3.8, 4) is 0 Å². The lowest BCUT2D eigenvalue weighted by molar-refractivity contribution is 0.0600. The number of carbonyl (C=O) groups excluding carboxylic acids is 1. The van der Waals surface area contributed by atoms with E-state index in [0.717, 1.165) is 25.2 Å². The van der Waals surface area contributed by atoms with Gasteiger partial charge >= 0.3 is 5.97 Å². The first-order valence-corrected chi connectivity index (χ1v) is 6.27. The van der Waals surface area contributed by atoms with Crippen molar-refractivity contribution in [3.63, 3.8) is 0 Å². The van der Waals surface area contributed by atoms with Gasteiger partial charge in [0, 0.05) is 25.3 Å². The van der Waals surface area contributed by atoms with Crippen molar-refractivity contribution in [1.82, 2.24) is 4.98 Å². The van der Waals surface area contributed by atoms with Crippen molar-refractivity contribution < 1.29 is 9.53 Å². The molecular formula is C13H19N3O2. The molecule has 2 N–H and O–H groups in total. The molecule has 0 radical (unpaired) electrons. The number of hydrogen-bond acceptors (Lipinski definition) is 5. The van der Waals surface area contributed by atoms with E-state index >= 15 is 0 Å². The van der Waals surface area contributed by atoms with Crippen LogP contribution in [0.3, 0.4) is 0 Å². The second-order valence-corrected chi connectivity index (χ2v) is 4.47. The first kappa shape index (κ1) is 12.8. The lowest BCUT2D eigenvalue weighted by atomic mass is 10.0. The monoisotopic (exact) mass is 249 g/mol. The summed E-state index contributed by atoms with van der Waals surface area (Å²) < 4.78 is 4.72. The Hall–Kier alpha value is -1.62. The van der Waals surface area contributed by atoms with Crippen LogP contribution in [0.5, 0.6) is 0 Å². The largest absolute Gasteiger partial charge is 0.465 e. The topological polar surface area (TPSA) is 68.5 Å². The molecule has 0 aromatic carbocycles. The molecule has 5 heteroatoms. The molecule has 1 saturated heterocycles. The normalized spacial score (nSPS) is 19.7. The molecule has 5 nitrogen and oxygen atoms in total. The van der Waals surface area contributed by atoms with Crippen LogP contribution in [0, 0.1) is 0 Å². The fourth-order valence-electron chi connectivity index (χ4n) is 2.37. The number of piperidine rings is 1. The number of carbonyl (C=O) groups is 1. The summed E-state index contributed by atoms with van der Waals surface area (Å²) >= 11 is 0. The smallest absolute Gasteiger partial charge is 0.338 e. The summed E-state index contributed by atoms with van der Waals surface area (Å²) in [5.74, 6) is 0.480. The first-order valence-electron chi connectivity index (χ1n) is 6.27. The van der Waals surface area contributed by atoms with Crippen molar-refractivity contribution >= 4 is 11.8 Å². The number of ether oxygens (including phenoxy) is 1. The van der Waals surface area contributed by atoms with E-state index in [0.29, 0.717) is 18.2 Å². The SMILES string of the molecule is COC(=O)c1ccnc(N2CCCCC2CN)c1. The molecule has 0 saturated carbocycles. The third-order valence-electron chi connectivity index (χ3n) is 3.36. The van der Waals surface area contributed by atoms with Crippen molar-refractivity contribution in [2.24, 2.45) is 5.73 Å². The minimum absolute atomic E-state index is 0.319. The summed E-state index contributed by atoms with van der Waals surface area (Å²) in [7, 11) is 1.38. The van der Waals surface area contributed by atoms with E-state index in [4.69, 9.17) is 10.5 Å². The van der Waals surface area contributed by atoms with Gasteiger partial charge in [0.1, 0.15) is 5.82 Å². The zero-order chi connectivity index (χ0) is 13.0. The second kappa shape index (κ2) is 5.82. The quantitative estimate of drug-likeness (QED) is 0.815. The van der Waals surface area contributed by atoms with Crippen molar-refractivity contribution in [2.75, 3.05) is 25.1 Å². The molecule has 1 fully saturated rings. The van der Waals surface area contributed by atoms with Crippen molar-refractivity contribution in [1.29, 1.82) is 0 Å². The van der Waals surface area contributed by atoms with Gasteiger partial charge in [-0.1, -0.05) is 0 Å². The average molecular weight is 249 g/mol. The van der Waals surface area contributed by atoms with E-state index < -0.39 is 0 Å². The summed E-state index contributed by atoms with van der Waals surface area (Å²) in [4.78, 5) is 18.0. The summed E-state index contributed by atoms with van der Waals surface area (Å²) in [6, 6.07) is 3.76. The summed E-state index contributed by atoms with van der Waals surface area (Å²) in [5, 5.41) is 0. The van der Waals surface area contributed by atoms with Gasteiger partial charge in [0.2, 0.25) is 0 Å². The van der Waals surface area contributed by atoms with Gasteiger partial charge in [-0.3, -0.25) is 0 Å². The number of hydrogen-bond donors (Lipinski definition) is 1. The van der Waals surface area contributed by atoms with Gasteiger partial charge < -0.3 is 15.4 Å². The average Bonchev–Trinajstić information content (AvgIpc) is 2.46. The lowest BCUT2D eigenvalue weighted by Gasteiger charge is -2.36. The van der Waals surface area contributed by atoms with E-state index in [9.17, 15) is 4.79 Å². The van der Waals surface area contributed by atoms with Crippen molar-refractivity contribution in [2.45, 2.75) is 25.3 Å². The second-order valence-electron chi connectivity index (χ2n) is 4.47. The Morgan fingerprint density at radius 1 is 1.61 bits per heavy atom. The Morgan fingerprint density at radius 2 is 2.44 bits per heavy atom. The molecule has 1 atom stereocenters. The number of nitrogens with two attached hydrogens (primary N) is 1. The Bertz CT molecular complexity index is 422. The summed E-state index contributed by atoms with van der Waals surface area (Å²) in [5.41, 5.74) is 6.33. The predicted octanol–water partition coefficient (Wildman–Crippen LogP) is 1.19. The molecule has 98 valence electrons. The number of methoxy groups -OCH3 is 1. The Morgan fingerprint density at radius 3 is 3.17 bits per heavy atom. The van der Waals surface area contributed by atoms with Crippen LogP contribution in [-0.4, -0.2) is 37.2 Å². The summed E-state index contributed by atoms with van der Waals surface area (Å²) in [6.45, 7) is 1.56. The molecule has 2 rings (SSSR count). The molecular weight excluding hydrogens is 230 g/mol. The van der Waals surface area contributed by atoms with Crippen LogP contribution in [0.1, 0.15) is 29.6 Å². The highest BCUT2D eigenvalue weighted by Crippen LogP contribution is 2.23. The highest BCUT2D eigenvalue weighted by atomic mass is 16.5. The zero-order valence-corrected chi connectivity index (χ0v) is 10.6. The van der Waals surface area contributed by atoms with E-state index in [1.54, 1.807) is 18.3 Å². The van der Waals surface area contributed by atoms with Crippen LogP contribution in [0.15, 0.2) is 18.3 Å². The Labute approximate surface area is 107 Å². The van der Waals surface area contributed by atoms with Crippen LogP contribution in [0.25, 0.3) is 0 Å². The van der Waals surface area contributed by atoms with Gasteiger partial charge in [0.15, 0.2) is 0 Å². The van der Waals surface area contributed by atoms with Crippen LogP contribution in [-0.2, 0) is 4.74 Å². The van der Waals surface area contributed by atoms with Crippen molar-refractivity contribution in [3.05, 3.63) is 23.9 Å². The highest BCUT2D eigenvalue weighted by Gasteiger charge is 2.22. The van der Waals surface area contributed by atoms with E-state index in [-0.39, 0.29) is 5.97 Å². The minimum Gasteiger partial charge on any atom is -0.465 e. The van der Waals surface area contributed by atoms with Crippen LogP contribution < -0.4 is 10.6 Å². The standard InChI is InChI=1S/C13H19N3O2/c1-18-13(17)10-5-6-15-12(8-10)16-7-3-2-4-11(16)9-14/h5-6,8,11H,2-4,7,9,14H2,1H3. The van der Waals surface area contributed by atoms with Gasteiger partial charge in [0.25, 0.3) is 0 Å². The zero-order valence-electron chi connectivity index (χ0n) is 10.6. The fourth-order valence-corrected chi connectivity index (χ4v) is 2.37. The van der Waals surface area contributed by atoms with Gasteiger partial charge in [0.05, 0.1) is 12.7 Å². The highest BCUT2D eigenvalue weighted by molar-refractivity contribution is 5.90. The molecule has 1 unspecified atom stereocenters. The molecule has 0 amide bonds. The van der Waals surface area contributed by atoms with E-state index in [2.05, 4.69) is 9.88 Å². The number of nitrogens with zero attached hydrogens (tertiary/aromatic N) is 2. The van der Waals surface area contributed by atoms with Gasteiger partial charge in [-0.25, -0.2) is 9.78 Å². The van der Waals surface area contributed by atoms with Gasteiger partial charge in [-0.2, -0.15) is 0 Å². The molecule has 1 aromatic heterocycles. The summed E-state index contributed by atoms with van der Waals surface area (Å²) in [6.07, 6.45) is 5.07. The third kappa shape index (κ3) is 2.61. The third-order valence-corrected chi connectivity index (χ3v) is 3.36. The predicted molar refractivity (Wildman–Crippen MR) is 69.6 cm³/mol. The molecule has 18 heavy (non-hydrogen) atoms. The lowest BCUT2D eigenvalue weighted by Crippen LogP contribution is -2.44. The molecule has 2 heterocycles. The molecule has 0 bridgehead atoms. The molecule has 1 aromatic rings. The van der Waals surface area contributed by atoms with Gasteiger partial charge in [-0.05, 0) is 31.4 Å². The number of pyridine rings is 1. The maximum atomic E-state index is 11.5. The molecule has 0 aliphatic carbocycles. The fraction of sp³-hybridized carbons (Fsp3) is 0.538. The van der Waals surface area contributed by atoms with Gasteiger partial charge in [-0.15, -0.1) is 0 Å². The first-order chi connectivity index (χ1) is 8.76. The van der Waals surface area contributed by atoms with Crippen LogP contribution in [0.2, 0.25) is 0 Å². The number of rotatable bonds is 3. The van der Waals surface area contributed by atoms with Crippen LogP contribution >= 0.6 is 0 Å². The number of aromatic nitrogens is 1. The Kier molecular flexibility index (Phi) is 4.15. The maximum absolute atomic E-state index is 11.5. The number of esters is 1. The number of anilines is 1. The molecule has 1 aliphatic heterocycles. The van der Waals surface area contributed by atoms with E-state index in [1.807, 2.05) is 0 Å². The molecule has 0 spiro atoms. The van der Waals surface area contributed by atoms with Crippen LogP contribution in [0.4, 0.5) is 5.82 Å².